The lowest BCUT2D eigenvalue weighted by Gasteiger charge is -2.17. The van der Waals surface area contributed by atoms with Crippen molar-refractivity contribution in [1.82, 2.24) is 0 Å². The summed E-state index contributed by atoms with van der Waals surface area (Å²) < 4.78 is 4.52. The van der Waals surface area contributed by atoms with E-state index in [0.29, 0.717) is 0 Å². The zero-order valence-electron chi connectivity index (χ0n) is 23.0. The summed E-state index contributed by atoms with van der Waals surface area (Å²) in [6.45, 7) is 5.95. The van der Waals surface area contributed by atoms with Gasteiger partial charge in [-0.2, -0.15) is 0 Å². The van der Waals surface area contributed by atoms with Gasteiger partial charge in [0.1, 0.15) is 0 Å². The van der Waals surface area contributed by atoms with E-state index in [2.05, 4.69) is 38.1 Å². The minimum Gasteiger partial charge on any atom is -0.307 e. The number of amides is 2. The summed E-state index contributed by atoms with van der Waals surface area (Å²) in [6, 6.07) is 12.6. The van der Waals surface area contributed by atoms with Crippen LogP contribution in [-0.4, -0.2) is 24.9 Å². The number of anilines is 2. The molecule has 0 aromatic carbocycles. The molecule has 0 radical (unpaired) electrons. The minimum absolute atomic E-state index is 0.137. The smallest absolute Gasteiger partial charge is 0.261 e. The molecule has 0 fully saturated rings. The Morgan fingerprint density at radius 2 is 1.07 bits per heavy atom. The molecule has 2 aliphatic rings. The summed E-state index contributed by atoms with van der Waals surface area (Å²) in [4.78, 5) is 33.3. The van der Waals surface area contributed by atoms with Crippen molar-refractivity contribution in [3.8, 4) is 0 Å². The second-order valence-electron chi connectivity index (χ2n) is 10.4. The molecule has 4 aromatic heterocycles. The lowest BCUT2D eigenvalue weighted by Crippen LogP contribution is -2.29. The highest BCUT2D eigenvalue weighted by Crippen LogP contribution is 2.34. The number of fused-ring (bicyclic) bond motifs is 2. The maximum atomic E-state index is 13.6. The molecule has 0 atom stereocenters. The minimum atomic E-state index is 0.137. The van der Waals surface area contributed by atoms with E-state index in [1.165, 1.54) is 34.7 Å². The molecular formula is C32H34N2O2S4. The monoisotopic (exact) mass is 606 g/mol. The molecule has 6 heterocycles. The number of hydrogen-bond acceptors (Lipinski definition) is 6. The van der Waals surface area contributed by atoms with Crippen molar-refractivity contribution in [3.63, 3.8) is 0 Å². The fourth-order valence-electron chi connectivity index (χ4n) is 5.56. The van der Waals surface area contributed by atoms with Crippen molar-refractivity contribution in [1.29, 1.82) is 0 Å². The largest absolute Gasteiger partial charge is 0.307 e. The van der Waals surface area contributed by atoms with Gasteiger partial charge in [0.25, 0.3) is 11.8 Å². The Bertz CT molecular complexity index is 1600. The molecular weight excluding hydrogens is 573 g/mol. The molecule has 0 aliphatic carbocycles. The summed E-state index contributed by atoms with van der Waals surface area (Å²) in [7, 11) is 0. The highest BCUT2D eigenvalue weighted by Gasteiger charge is 2.33. The van der Waals surface area contributed by atoms with Crippen molar-refractivity contribution >= 4 is 79.7 Å². The Labute approximate surface area is 251 Å². The van der Waals surface area contributed by atoms with Crippen LogP contribution in [0.3, 0.4) is 0 Å². The zero-order chi connectivity index (χ0) is 27.6. The number of carbonyl (C=O) groups is 2. The highest BCUT2D eigenvalue weighted by atomic mass is 32.1. The summed E-state index contributed by atoms with van der Waals surface area (Å²) in [5, 5.41) is 4.09. The summed E-state index contributed by atoms with van der Waals surface area (Å²) in [5.41, 5.74) is 3.79. The maximum absolute atomic E-state index is 13.6. The molecule has 0 unspecified atom stereocenters. The van der Waals surface area contributed by atoms with Gasteiger partial charge in [0.15, 0.2) is 0 Å². The number of carbonyl (C=O) groups excluding carboxylic acids is 2. The van der Waals surface area contributed by atoms with E-state index in [1.807, 2.05) is 32.7 Å². The molecule has 0 bridgehead atoms. The standard InChI is InChI=1S/C32H34N2O2S4/c1-3-5-7-9-15-33-21-19-25(39-29(21)27(31(33)35)23-13-11-17-37-23)26-20-22-30(40-26)28(24-14-12-18-38-24)32(36)34(22)16-10-8-6-4-2/h11-14,17-20H,3-10,15-16H2,1-2H3/b26-25+. The molecule has 2 amide bonds. The van der Waals surface area contributed by atoms with Gasteiger partial charge in [-0.05, 0) is 47.9 Å². The SMILES string of the molecule is CCCCCCN1C(=O)C(c2cccs2)=c2s/c(=c3\cc4c(s3)=C(c3cccs3)C(=O)N4CCCCCC)cc21. The van der Waals surface area contributed by atoms with E-state index >= 15 is 0 Å². The van der Waals surface area contributed by atoms with Crippen LogP contribution in [0.25, 0.3) is 11.1 Å². The van der Waals surface area contributed by atoms with Crippen molar-refractivity contribution in [2.75, 3.05) is 22.9 Å². The first-order valence-corrected chi connectivity index (χ1v) is 17.8. The van der Waals surface area contributed by atoms with Gasteiger partial charge in [-0.25, -0.2) is 0 Å². The Morgan fingerprint density at radius 1 is 0.625 bits per heavy atom. The van der Waals surface area contributed by atoms with E-state index < -0.39 is 0 Å². The van der Waals surface area contributed by atoms with Crippen LogP contribution >= 0.6 is 45.3 Å². The number of thiophene rings is 4. The third-order valence-electron chi connectivity index (χ3n) is 7.63. The van der Waals surface area contributed by atoms with Crippen molar-refractivity contribution in [2.24, 2.45) is 0 Å². The lowest BCUT2D eigenvalue weighted by molar-refractivity contribution is -0.113. The van der Waals surface area contributed by atoms with Gasteiger partial charge in [-0.3, -0.25) is 9.59 Å². The topological polar surface area (TPSA) is 40.6 Å². The van der Waals surface area contributed by atoms with Gasteiger partial charge in [-0.1, -0.05) is 64.5 Å². The van der Waals surface area contributed by atoms with Gasteiger partial charge in [0.2, 0.25) is 0 Å². The normalized spacial score (nSPS) is 15.6. The Morgan fingerprint density at radius 3 is 1.45 bits per heavy atom. The van der Waals surface area contributed by atoms with Crippen molar-refractivity contribution < 1.29 is 9.59 Å². The van der Waals surface area contributed by atoms with E-state index in [4.69, 9.17) is 0 Å². The average Bonchev–Trinajstić information content (AvgIpc) is 3.78. The molecule has 0 spiro atoms. The molecule has 4 nitrogen and oxygen atoms in total. The summed E-state index contributed by atoms with van der Waals surface area (Å²) in [5.74, 6) is 0.273. The van der Waals surface area contributed by atoms with E-state index in [0.717, 1.165) is 80.1 Å². The third kappa shape index (κ3) is 5.04. The van der Waals surface area contributed by atoms with E-state index in [-0.39, 0.29) is 11.8 Å². The van der Waals surface area contributed by atoms with Crippen LogP contribution < -0.4 is 18.9 Å². The maximum Gasteiger partial charge on any atom is 0.261 e. The van der Waals surface area contributed by atoms with Gasteiger partial charge in [0, 0.05) is 31.9 Å². The second kappa shape index (κ2) is 12.1. The predicted octanol–water partition coefficient (Wildman–Crippen LogP) is 7.47. The summed E-state index contributed by atoms with van der Waals surface area (Å²) in [6.07, 6.45) is 9.07. The Balaban J connectivity index is 1.49. The van der Waals surface area contributed by atoms with Crippen LogP contribution in [-0.2, 0) is 9.59 Å². The van der Waals surface area contributed by atoms with Crippen LogP contribution in [0.4, 0.5) is 11.4 Å². The van der Waals surface area contributed by atoms with Crippen molar-refractivity contribution in [2.45, 2.75) is 65.2 Å². The zero-order valence-corrected chi connectivity index (χ0v) is 26.3. The molecule has 4 aromatic rings. The van der Waals surface area contributed by atoms with Gasteiger partial charge < -0.3 is 9.80 Å². The first kappa shape index (κ1) is 27.6. The van der Waals surface area contributed by atoms with Crippen LogP contribution in [0.5, 0.6) is 0 Å². The molecule has 0 N–H and O–H groups in total. The average molecular weight is 607 g/mol. The van der Waals surface area contributed by atoms with E-state index in [1.54, 1.807) is 45.3 Å². The van der Waals surface area contributed by atoms with Crippen LogP contribution in [0.1, 0.15) is 75.0 Å². The summed E-state index contributed by atoms with van der Waals surface area (Å²) >= 11 is 6.71. The van der Waals surface area contributed by atoms with Gasteiger partial charge in [0.05, 0.1) is 31.6 Å². The predicted molar refractivity (Wildman–Crippen MR) is 172 cm³/mol. The van der Waals surface area contributed by atoms with Crippen molar-refractivity contribution in [3.05, 3.63) is 75.0 Å². The third-order valence-corrected chi connectivity index (χ3v) is 11.9. The first-order chi connectivity index (χ1) is 19.6. The Kier molecular flexibility index (Phi) is 8.40. The van der Waals surface area contributed by atoms with E-state index in [9.17, 15) is 9.59 Å². The molecule has 40 heavy (non-hydrogen) atoms. The number of hydrogen-bond donors (Lipinski definition) is 0. The Hall–Kier alpha value is -2.52. The van der Waals surface area contributed by atoms with Crippen LogP contribution in [0.15, 0.2) is 47.2 Å². The molecule has 0 saturated carbocycles. The lowest BCUT2D eigenvalue weighted by atomic mass is 10.2. The molecule has 6 rings (SSSR count). The number of unbranched alkanes of at least 4 members (excludes halogenated alkanes) is 6. The first-order valence-electron chi connectivity index (χ1n) is 14.4. The number of nitrogens with zero attached hydrogens (tertiary/aromatic N) is 2. The van der Waals surface area contributed by atoms with Crippen LogP contribution in [0, 0.1) is 9.06 Å². The van der Waals surface area contributed by atoms with Gasteiger partial charge in [-0.15, -0.1) is 45.3 Å². The molecule has 8 heteroatoms. The molecule has 2 aliphatic heterocycles. The van der Waals surface area contributed by atoms with Gasteiger partial charge >= 0.3 is 0 Å². The number of rotatable bonds is 12. The fourth-order valence-corrected chi connectivity index (χ4v) is 9.72. The van der Waals surface area contributed by atoms with Crippen LogP contribution in [0.2, 0.25) is 0 Å². The highest BCUT2D eigenvalue weighted by molar-refractivity contribution is 7.14. The molecule has 208 valence electrons. The fraction of sp³-hybridized carbons (Fsp3) is 0.375. The quantitative estimate of drug-likeness (QED) is 0.157. The second-order valence-corrected chi connectivity index (χ2v) is 14.4. The molecule has 0 saturated heterocycles.